The molecule has 0 saturated carbocycles. The van der Waals surface area contributed by atoms with Gasteiger partial charge in [-0.15, -0.1) is 11.3 Å². The molecule has 4 heterocycles. The molecule has 1 aromatic heterocycles. The number of aryl methyl sites for hydroxylation is 1. The molecule has 2 atom stereocenters. The standard InChI is InChI=1S/C20H24N2OS/c1-15-9-10-24-19(15)14-21-11-16-7-8-18(21)13-22(12-16)20(23)17-5-3-2-4-6-17/h2-6,9-10,16,18H,7-8,11-14H2,1H3/t16-,18-/m1/s1. The van der Waals surface area contributed by atoms with E-state index in [1.807, 2.05) is 41.7 Å². The van der Waals surface area contributed by atoms with Gasteiger partial charge in [-0.25, -0.2) is 0 Å². The van der Waals surface area contributed by atoms with Crippen molar-refractivity contribution in [3.05, 3.63) is 57.8 Å². The van der Waals surface area contributed by atoms with Crippen molar-refractivity contribution in [3.63, 3.8) is 0 Å². The molecule has 2 aromatic rings. The maximum absolute atomic E-state index is 12.9. The quantitative estimate of drug-likeness (QED) is 0.849. The predicted octanol–water partition coefficient (Wildman–Crippen LogP) is 3.79. The van der Waals surface area contributed by atoms with Crippen molar-refractivity contribution >= 4 is 17.2 Å². The Morgan fingerprint density at radius 1 is 1.12 bits per heavy atom. The molecule has 24 heavy (non-hydrogen) atoms. The Balaban J connectivity index is 1.50. The lowest BCUT2D eigenvalue weighted by atomic mass is 9.95. The highest BCUT2D eigenvalue weighted by Crippen LogP contribution is 2.31. The molecule has 3 saturated heterocycles. The van der Waals surface area contributed by atoms with Crippen molar-refractivity contribution in [2.75, 3.05) is 19.6 Å². The number of piperidine rings is 1. The Labute approximate surface area is 147 Å². The van der Waals surface area contributed by atoms with Gasteiger partial charge in [-0.05, 0) is 54.8 Å². The van der Waals surface area contributed by atoms with Gasteiger partial charge in [0, 0.05) is 42.7 Å². The SMILES string of the molecule is Cc1ccsc1CN1C[C@H]2CC[C@@H]1CN(C(=O)c1ccccc1)C2. The Morgan fingerprint density at radius 2 is 1.96 bits per heavy atom. The third kappa shape index (κ3) is 3.13. The summed E-state index contributed by atoms with van der Waals surface area (Å²) in [6, 6.07) is 12.4. The second-order valence-corrected chi connectivity index (χ2v) is 8.13. The van der Waals surface area contributed by atoms with Gasteiger partial charge in [-0.1, -0.05) is 18.2 Å². The van der Waals surface area contributed by atoms with E-state index in [2.05, 4.69) is 28.2 Å². The number of rotatable bonds is 3. The molecule has 3 aliphatic heterocycles. The summed E-state index contributed by atoms with van der Waals surface area (Å²) < 4.78 is 0. The number of carbonyl (C=O) groups excluding carboxylic acids is 1. The molecule has 4 heteroatoms. The normalized spacial score (nSPS) is 24.1. The van der Waals surface area contributed by atoms with Crippen LogP contribution in [0.5, 0.6) is 0 Å². The summed E-state index contributed by atoms with van der Waals surface area (Å²) in [6.07, 6.45) is 2.47. The van der Waals surface area contributed by atoms with E-state index in [9.17, 15) is 4.79 Å². The molecule has 0 radical (unpaired) electrons. The number of benzene rings is 1. The molecule has 0 aliphatic carbocycles. The van der Waals surface area contributed by atoms with Crippen LogP contribution >= 0.6 is 11.3 Å². The van der Waals surface area contributed by atoms with Crippen LogP contribution in [0.25, 0.3) is 0 Å². The van der Waals surface area contributed by atoms with Gasteiger partial charge in [0.1, 0.15) is 0 Å². The van der Waals surface area contributed by atoms with Crippen molar-refractivity contribution < 1.29 is 4.79 Å². The van der Waals surface area contributed by atoms with Crippen LogP contribution in [-0.2, 0) is 6.54 Å². The third-order valence-corrected chi connectivity index (χ3v) is 6.46. The highest BCUT2D eigenvalue weighted by Gasteiger charge is 2.36. The van der Waals surface area contributed by atoms with Crippen LogP contribution in [0.1, 0.15) is 33.6 Å². The van der Waals surface area contributed by atoms with Crippen molar-refractivity contribution in [3.8, 4) is 0 Å². The number of thiophene rings is 1. The maximum atomic E-state index is 12.9. The number of fused-ring (bicyclic) bond motifs is 4. The number of hydrogen-bond acceptors (Lipinski definition) is 3. The molecule has 0 unspecified atom stereocenters. The monoisotopic (exact) mass is 340 g/mol. The second-order valence-electron chi connectivity index (χ2n) is 7.13. The largest absolute Gasteiger partial charge is 0.337 e. The average Bonchev–Trinajstić information content (AvgIpc) is 2.83. The molecule has 126 valence electrons. The first-order valence-electron chi connectivity index (χ1n) is 8.82. The van der Waals surface area contributed by atoms with Crippen molar-refractivity contribution in [1.82, 2.24) is 9.80 Å². The molecule has 0 N–H and O–H groups in total. The lowest BCUT2D eigenvalue weighted by Crippen LogP contribution is -2.43. The van der Waals surface area contributed by atoms with E-state index < -0.39 is 0 Å². The summed E-state index contributed by atoms with van der Waals surface area (Å²) in [5.41, 5.74) is 2.22. The Bertz CT molecular complexity index is 711. The fourth-order valence-corrected chi connectivity index (χ4v) is 4.98. The molecule has 0 spiro atoms. The Kier molecular flexibility index (Phi) is 4.42. The van der Waals surface area contributed by atoms with E-state index in [4.69, 9.17) is 0 Å². The van der Waals surface area contributed by atoms with Gasteiger partial charge < -0.3 is 4.90 Å². The van der Waals surface area contributed by atoms with Crippen molar-refractivity contribution in [1.29, 1.82) is 0 Å². The first-order valence-corrected chi connectivity index (χ1v) is 9.70. The summed E-state index contributed by atoms with van der Waals surface area (Å²) in [7, 11) is 0. The lowest BCUT2D eigenvalue weighted by molar-refractivity contribution is 0.0736. The van der Waals surface area contributed by atoms with E-state index in [1.54, 1.807) is 0 Å². The Hall–Kier alpha value is -1.65. The topological polar surface area (TPSA) is 23.6 Å². The molecular formula is C20H24N2OS. The van der Waals surface area contributed by atoms with Crippen LogP contribution in [-0.4, -0.2) is 41.4 Å². The van der Waals surface area contributed by atoms with Gasteiger partial charge in [-0.2, -0.15) is 0 Å². The zero-order valence-corrected chi connectivity index (χ0v) is 15.0. The van der Waals surface area contributed by atoms with Crippen LogP contribution in [0.3, 0.4) is 0 Å². The van der Waals surface area contributed by atoms with Crippen LogP contribution in [0.15, 0.2) is 41.8 Å². The average molecular weight is 340 g/mol. The summed E-state index contributed by atoms with van der Waals surface area (Å²) in [4.78, 5) is 19.0. The molecule has 5 rings (SSSR count). The van der Waals surface area contributed by atoms with E-state index in [0.717, 1.165) is 31.7 Å². The summed E-state index contributed by atoms with van der Waals surface area (Å²) in [5, 5.41) is 2.19. The Morgan fingerprint density at radius 3 is 2.71 bits per heavy atom. The van der Waals surface area contributed by atoms with Gasteiger partial charge in [0.05, 0.1) is 0 Å². The molecular weight excluding hydrogens is 316 g/mol. The van der Waals surface area contributed by atoms with Crippen molar-refractivity contribution in [2.45, 2.75) is 32.4 Å². The fraction of sp³-hybridized carbons (Fsp3) is 0.450. The van der Waals surface area contributed by atoms with Crippen LogP contribution < -0.4 is 0 Å². The van der Waals surface area contributed by atoms with E-state index in [-0.39, 0.29) is 5.91 Å². The molecule has 1 amide bonds. The van der Waals surface area contributed by atoms with Crippen molar-refractivity contribution in [2.24, 2.45) is 5.92 Å². The first kappa shape index (κ1) is 15.9. The zero-order chi connectivity index (χ0) is 16.5. The van der Waals surface area contributed by atoms with Gasteiger partial charge in [-0.3, -0.25) is 9.69 Å². The highest BCUT2D eigenvalue weighted by atomic mass is 32.1. The summed E-state index contributed by atoms with van der Waals surface area (Å²) in [6.45, 7) is 6.14. The predicted molar refractivity (Wildman–Crippen MR) is 98.3 cm³/mol. The molecule has 2 bridgehead atoms. The minimum Gasteiger partial charge on any atom is -0.337 e. The molecule has 3 aliphatic rings. The first-order chi connectivity index (χ1) is 11.7. The van der Waals surface area contributed by atoms with Gasteiger partial charge in [0.2, 0.25) is 0 Å². The maximum Gasteiger partial charge on any atom is 0.253 e. The smallest absolute Gasteiger partial charge is 0.253 e. The fourth-order valence-electron chi connectivity index (χ4n) is 4.05. The minimum atomic E-state index is 0.196. The van der Waals surface area contributed by atoms with Gasteiger partial charge >= 0.3 is 0 Å². The summed E-state index contributed by atoms with van der Waals surface area (Å²) in [5.74, 6) is 0.804. The number of nitrogens with zero attached hydrogens (tertiary/aromatic N) is 2. The second kappa shape index (κ2) is 6.69. The minimum absolute atomic E-state index is 0.196. The number of hydrogen-bond donors (Lipinski definition) is 0. The van der Waals surface area contributed by atoms with Crippen LogP contribution in [0.2, 0.25) is 0 Å². The summed E-state index contributed by atoms with van der Waals surface area (Å²) >= 11 is 1.86. The number of amides is 1. The molecule has 1 aromatic carbocycles. The van der Waals surface area contributed by atoms with Crippen LogP contribution in [0.4, 0.5) is 0 Å². The highest BCUT2D eigenvalue weighted by molar-refractivity contribution is 7.10. The van der Waals surface area contributed by atoms with Gasteiger partial charge in [0.25, 0.3) is 5.91 Å². The molecule has 3 nitrogen and oxygen atoms in total. The van der Waals surface area contributed by atoms with Gasteiger partial charge in [0.15, 0.2) is 0 Å². The lowest BCUT2D eigenvalue weighted by Gasteiger charge is -2.35. The molecule has 3 fully saturated rings. The van der Waals surface area contributed by atoms with E-state index in [1.165, 1.54) is 23.3 Å². The van der Waals surface area contributed by atoms with Crippen LogP contribution in [0, 0.1) is 12.8 Å². The number of carbonyl (C=O) groups is 1. The van der Waals surface area contributed by atoms with E-state index >= 15 is 0 Å². The zero-order valence-electron chi connectivity index (χ0n) is 14.1. The van der Waals surface area contributed by atoms with E-state index in [0.29, 0.717) is 12.0 Å². The third-order valence-electron chi connectivity index (χ3n) is 5.45.